The van der Waals surface area contributed by atoms with E-state index >= 15 is 0 Å². The number of fused-ring (bicyclic) bond motifs is 2. The lowest BCUT2D eigenvalue weighted by molar-refractivity contribution is -0.199. The van der Waals surface area contributed by atoms with E-state index in [1.54, 1.807) is 6.33 Å². The Morgan fingerprint density at radius 3 is 2.71 bits per heavy atom. The highest BCUT2D eigenvalue weighted by Gasteiger charge is 2.56. The number of carboxylic acids is 1. The fourth-order valence-corrected chi connectivity index (χ4v) is 5.61. The first-order valence-electron chi connectivity index (χ1n) is 12.0. The van der Waals surface area contributed by atoms with Crippen molar-refractivity contribution in [2.45, 2.75) is 95.8 Å². The maximum absolute atomic E-state index is 10.9. The van der Waals surface area contributed by atoms with Gasteiger partial charge in [-0.05, 0) is 52.9 Å². The minimum absolute atomic E-state index is 0.200. The first-order chi connectivity index (χ1) is 16.1. The third kappa shape index (κ3) is 4.26. The Morgan fingerprint density at radius 2 is 2.00 bits per heavy atom. The summed E-state index contributed by atoms with van der Waals surface area (Å²) in [7, 11) is 0. The van der Waals surface area contributed by atoms with Crippen molar-refractivity contribution < 1.29 is 24.1 Å². The van der Waals surface area contributed by atoms with Gasteiger partial charge in [0.05, 0.1) is 6.33 Å². The summed E-state index contributed by atoms with van der Waals surface area (Å²) in [4.78, 5) is 26.2. The fraction of sp³-hybridized carbons (Fsp3) is 0.739. The Balaban J connectivity index is 1.34. The summed E-state index contributed by atoms with van der Waals surface area (Å²) in [5.41, 5.74) is 7.13. The van der Waals surface area contributed by atoms with Crippen LogP contribution in [0.2, 0.25) is 0 Å². The number of rotatable bonds is 8. The zero-order valence-electron chi connectivity index (χ0n) is 20.1. The van der Waals surface area contributed by atoms with Crippen LogP contribution in [0.25, 0.3) is 11.2 Å². The largest absolute Gasteiger partial charge is 0.481 e. The summed E-state index contributed by atoms with van der Waals surface area (Å²) in [6, 6.07) is 0.736. The summed E-state index contributed by atoms with van der Waals surface area (Å²) >= 11 is 0. The SMILES string of the molecule is CC(C)N(C[C@H]1O[C@@H](n2cnc3c(N)ncnc32)[C@@H]2OC(C)(C)O[C@@H]21)C1CC(CCC(=O)O)C1. The molecule has 11 heteroatoms. The minimum atomic E-state index is -0.722. The highest BCUT2D eigenvalue weighted by atomic mass is 16.8. The molecule has 0 radical (unpaired) electrons. The van der Waals surface area contributed by atoms with Crippen molar-refractivity contribution in [1.29, 1.82) is 0 Å². The van der Waals surface area contributed by atoms with E-state index in [0.29, 0.717) is 41.5 Å². The van der Waals surface area contributed by atoms with Crippen molar-refractivity contribution in [3.05, 3.63) is 12.7 Å². The molecule has 3 aliphatic rings. The topological polar surface area (TPSA) is 138 Å². The summed E-state index contributed by atoms with van der Waals surface area (Å²) in [6.07, 6.45) is 4.91. The Kier molecular flexibility index (Phi) is 5.99. The Bertz CT molecular complexity index is 1050. The standard InChI is InChI=1S/C23H34N6O5/c1-12(2)28(14-7-13(8-14)5-6-16(30)31)9-15-18-19(34-23(3,4)33-18)22(32-15)29-11-27-17-20(24)25-10-26-21(17)29/h10-15,18-19,22H,5-9H2,1-4H3,(H,30,31)(H2,24,25,26)/t13?,14?,15-,18-,19-,22-/m1/s1. The van der Waals surface area contributed by atoms with Gasteiger partial charge in [-0.3, -0.25) is 14.3 Å². The molecule has 3 fully saturated rings. The van der Waals surface area contributed by atoms with E-state index in [-0.39, 0.29) is 24.7 Å². The lowest BCUT2D eigenvalue weighted by Gasteiger charge is -2.46. The zero-order valence-corrected chi connectivity index (χ0v) is 20.1. The lowest BCUT2D eigenvalue weighted by atomic mass is 9.76. The number of nitrogens with two attached hydrogens (primary N) is 1. The van der Waals surface area contributed by atoms with Crippen LogP contribution < -0.4 is 5.73 Å². The van der Waals surface area contributed by atoms with Crippen LogP contribution in [0.4, 0.5) is 5.82 Å². The second-order valence-electron chi connectivity index (χ2n) is 10.4. The van der Waals surface area contributed by atoms with Crippen LogP contribution in [0.3, 0.4) is 0 Å². The van der Waals surface area contributed by atoms with Crippen LogP contribution in [0.5, 0.6) is 0 Å². The van der Waals surface area contributed by atoms with Gasteiger partial charge in [0.25, 0.3) is 0 Å². The third-order valence-corrected chi connectivity index (χ3v) is 7.29. The van der Waals surface area contributed by atoms with Crippen LogP contribution in [-0.2, 0) is 19.0 Å². The highest BCUT2D eigenvalue weighted by Crippen LogP contribution is 2.45. The van der Waals surface area contributed by atoms with Crippen LogP contribution in [-0.4, -0.2) is 78.2 Å². The molecule has 2 aromatic heterocycles. The minimum Gasteiger partial charge on any atom is -0.481 e. The van der Waals surface area contributed by atoms with Crippen molar-refractivity contribution in [3.8, 4) is 0 Å². The molecule has 4 atom stereocenters. The maximum atomic E-state index is 10.9. The smallest absolute Gasteiger partial charge is 0.303 e. The number of hydrogen-bond acceptors (Lipinski definition) is 9. The molecule has 3 N–H and O–H groups in total. The molecule has 1 aliphatic carbocycles. The van der Waals surface area contributed by atoms with Gasteiger partial charge in [-0.1, -0.05) is 0 Å². The van der Waals surface area contributed by atoms with Crippen LogP contribution >= 0.6 is 0 Å². The lowest BCUT2D eigenvalue weighted by Crippen LogP contribution is -2.52. The number of nitrogens with zero attached hydrogens (tertiary/aromatic N) is 5. The zero-order chi connectivity index (χ0) is 24.2. The van der Waals surface area contributed by atoms with Crippen molar-refractivity contribution in [1.82, 2.24) is 24.4 Å². The van der Waals surface area contributed by atoms with Crippen molar-refractivity contribution in [3.63, 3.8) is 0 Å². The number of aromatic nitrogens is 4. The number of aliphatic carboxylic acids is 1. The van der Waals surface area contributed by atoms with Gasteiger partial charge >= 0.3 is 5.97 Å². The fourth-order valence-electron chi connectivity index (χ4n) is 5.61. The number of hydrogen-bond donors (Lipinski definition) is 2. The molecule has 5 rings (SSSR count). The van der Waals surface area contributed by atoms with E-state index in [1.165, 1.54) is 6.33 Å². The van der Waals surface area contributed by atoms with Gasteiger partial charge in [0.2, 0.25) is 0 Å². The van der Waals surface area contributed by atoms with E-state index in [9.17, 15) is 4.79 Å². The first-order valence-corrected chi connectivity index (χ1v) is 12.0. The van der Waals surface area contributed by atoms with E-state index in [2.05, 4.69) is 33.7 Å². The molecule has 186 valence electrons. The van der Waals surface area contributed by atoms with Gasteiger partial charge in [0.1, 0.15) is 30.2 Å². The molecule has 0 bridgehead atoms. The van der Waals surface area contributed by atoms with E-state index in [1.807, 2.05) is 18.4 Å². The molecule has 2 saturated heterocycles. The van der Waals surface area contributed by atoms with Crippen LogP contribution in [0, 0.1) is 5.92 Å². The van der Waals surface area contributed by atoms with Crippen LogP contribution in [0.1, 0.15) is 59.6 Å². The van der Waals surface area contributed by atoms with Gasteiger partial charge in [-0.15, -0.1) is 0 Å². The summed E-state index contributed by atoms with van der Waals surface area (Å²) in [5.74, 6) is -0.645. The summed E-state index contributed by atoms with van der Waals surface area (Å²) < 4.78 is 21.0. The molecule has 0 unspecified atom stereocenters. The molecular weight excluding hydrogens is 440 g/mol. The van der Waals surface area contributed by atoms with Crippen molar-refractivity contribution in [2.24, 2.45) is 5.92 Å². The Labute approximate surface area is 198 Å². The second-order valence-corrected chi connectivity index (χ2v) is 10.4. The number of imidazole rings is 1. The molecule has 0 amide bonds. The number of anilines is 1. The average Bonchev–Trinajstić information content (AvgIpc) is 3.37. The highest BCUT2D eigenvalue weighted by molar-refractivity contribution is 5.81. The monoisotopic (exact) mass is 474 g/mol. The molecule has 0 spiro atoms. The summed E-state index contributed by atoms with van der Waals surface area (Å²) in [5, 5.41) is 8.97. The molecule has 11 nitrogen and oxygen atoms in total. The molecular formula is C23H34N6O5. The number of carbonyl (C=O) groups is 1. The predicted octanol–water partition coefficient (Wildman–Crippen LogP) is 2.18. The van der Waals surface area contributed by atoms with E-state index in [4.69, 9.17) is 25.1 Å². The van der Waals surface area contributed by atoms with Crippen molar-refractivity contribution >= 4 is 23.0 Å². The van der Waals surface area contributed by atoms with Crippen LogP contribution in [0.15, 0.2) is 12.7 Å². The van der Waals surface area contributed by atoms with E-state index < -0.39 is 18.0 Å². The average molecular weight is 475 g/mol. The number of nitrogen functional groups attached to an aromatic ring is 1. The Morgan fingerprint density at radius 1 is 1.26 bits per heavy atom. The molecule has 34 heavy (non-hydrogen) atoms. The molecule has 2 aromatic rings. The second kappa shape index (κ2) is 8.71. The molecule has 4 heterocycles. The quantitative estimate of drug-likeness (QED) is 0.585. The van der Waals surface area contributed by atoms with Gasteiger partial charge < -0.3 is 25.1 Å². The summed E-state index contributed by atoms with van der Waals surface area (Å²) in [6.45, 7) is 8.92. The maximum Gasteiger partial charge on any atom is 0.303 e. The van der Waals surface area contributed by atoms with Gasteiger partial charge in [0, 0.05) is 25.0 Å². The van der Waals surface area contributed by atoms with E-state index in [0.717, 1.165) is 19.3 Å². The molecule has 0 aromatic carbocycles. The molecule has 2 aliphatic heterocycles. The number of ether oxygens (including phenoxy) is 3. The predicted molar refractivity (Wildman–Crippen MR) is 123 cm³/mol. The third-order valence-electron chi connectivity index (χ3n) is 7.29. The normalized spacial score (nSPS) is 32.4. The molecule has 1 saturated carbocycles. The first kappa shape index (κ1) is 23.4. The van der Waals surface area contributed by atoms with Crippen molar-refractivity contribution in [2.75, 3.05) is 12.3 Å². The van der Waals surface area contributed by atoms with Gasteiger partial charge in [-0.25, -0.2) is 15.0 Å². The van der Waals surface area contributed by atoms with Gasteiger partial charge in [0.15, 0.2) is 23.5 Å². The number of carboxylic acid groups (broad SMARTS) is 1. The van der Waals surface area contributed by atoms with Gasteiger partial charge in [-0.2, -0.15) is 0 Å². The Hall–Kier alpha value is -2.34.